The minimum Gasteiger partial charge on any atom is -0.459 e. The van der Waals surface area contributed by atoms with E-state index in [0.717, 1.165) is 9.87 Å². The molecular weight excluding hydrogens is 474 g/mol. The van der Waals surface area contributed by atoms with Gasteiger partial charge >= 0.3 is 5.97 Å². The number of anilines is 1. The number of furan rings is 1. The van der Waals surface area contributed by atoms with Crippen LogP contribution in [0.15, 0.2) is 82.3 Å². The molecule has 0 unspecified atom stereocenters. The summed E-state index contributed by atoms with van der Waals surface area (Å²) >= 11 is 0. The second-order valence-electron chi connectivity index (χ2n) is 7.66. The van der Waals surface area contributed by atoms with Crippen molar-refractivity contribution in [1.82, 2.24) is 9.62 Å². The first-order chi connectivity index (χ1) is 16.7. The average Bonchev–Trinajstić information content (AvgIpc) is 3.38. The van der Waals surface area contributed by atoms with Gasteiger partial charge in [-0.25, -0.2) is 17.5 Å². The maximum Gasteiger partial charge on any atom is 0.329 e. The number of benzene rings is 2. The Morgan fingerprint density at radius 3 is 2.40 bits per heavy atom. The van der Waals surface area contributed by atoms with Crippen molar-refractivity contribution >= 4 is 33.5 Å². The van der Waals surface area contributed by atoms with Gasteiger partial charge in [-0.15, -0.1) is 0 Å². The zero-order chi connectivity index (χ0) is 25.4. The summed E-state index contributed by atoms with van der Waals surface area (Å²) in [5, 5.41) is 5.06. The second-order valence-corrected chi connectivity index (χ2v) is 9.82. The molecule has 0 spiro atoms. The van der Waals surface area contributed by atoms with E-state index in [-0.39, 0.29) is 22.8 Å². The van der Waals surface area contributed by atoms with Crippen molar-refractivity contribution in [2.45, 2.75) is 17.4 Å². The minimum atomic E-state index is -3.68. The van der Waals surface area contributed by atoms with E-state index in [4.69, 9.17) is 9.15 Å². The van der Waals surface area contributed by atoms with Crippen LogP contribution in [0.4, 0.5) is 5.69 Å². The summed E-state index contributed by atoms with van der Waals surface area (Å²) in [6, 6.07) is 16.6. The molecule has 0 aliphatic rings. The number of rotatable bonds is 10. The highest BCUT2D eigenvalue weighted by Gasteiger charge is 2.25. The second kappa shape index (κ2) is 11.4. The van der Waals surface area contributed by atoms with E-state index in [1.165, 1.54) is 50.7 Å². The predicted molar refractivity (Wildman–Crippen MR) is 127 cm³/mol. The van der Waals surface area contributed by atoms with Gasteiger partial charge in [0.25, 0.3) is 11.8 Å². The van der Waals surface area contributed by atoms with Gasteiger partial charge in [-0.1, -0.05) is 36.4 Å². The molecule has 1 heterocycles. The number of carbonyl (C=O) groups excluding carboxylic acids is 3. The molecule has 0 bridgehead atoms. The van der Waals surface area contributed by atoms with Crippen molar-refractivity contribution in [1.29, 1.82) is 0 Å². The zero-order valence-electron chi connectivity index (χ0n) is 19.1. The summed E-state index contributed by atoms with van der Waals surface area (Å²) in [7, 11) is -0.885. The number of sulfonamides is 1. The zero-order valence-corrected chi connectivity index (χ0v) is 19.9. The highest BCUT2D eigenvalue weighted by atomic mass is 32.2. The summed E-state index contributed by atoms with van der Waals surface area (Å²) in [6.45, 7) is -0.634. The van der Waals surface area contributed by atoms with Crippen molar-refractivity contribution < 1.29 is 32.0 Å². The summed E-state index contributed by atoms with van der Waals surface area (Å²) in [4.78, 5) is 37.5. The Morgan fingerprint density at radius 1 is 1.00 bits per heavy atom. The quantitative estimate of drug-likeness (QED) is 0.408. The Morgan fingerprint density at radius 2 is 1.74 bits per heavy atom. The predicted octanol–water partition coefficient (Wildman–Crippen LogP) is 2.05. The van der Waals surface area contributed by atoms with E-state index in [1.54, 1.807) is 30.3 Å². The summed E-state index contributed by atoms with van der Waals surface area (Å²) in [5.74, 6) is -2.06. The highest BCUT2D eigenvalue weighted by Crippen LogP contribution is 2.18. The lowest BCUT2D eigenvalue weighted by Gasteiger charge is -2.17. The van der Waals surface area contributed by atoms with E-state index < -0.39 is 40.5 Å². The molecule has 2 aromatic carbocycles. The first-order valence-corrected chi connectivity index (χ1v) is 12.0. The molecule has 2 N–H and O–H groups in total. The van der Waals surface area contributed by atoms with Crippen LogP contribution in [0.25, 0.3) is 0 Å². The van der Waals surface area contributed by atoms with E-state index >= 15 is 0 Å². The molecular formula is C24H25N3O7S. The van der Waals surface area contributed by atoms with Crippen molar-refractivity contribution in [3.63, 3.8) is 0 Å². The van der Waals surface area contributed by atoms with Crippen molar-refractivity contribution in [2.75, 3.05) is 26.0 Å². The van der Waals surface area contributed by atoms with Gasteiger partial charge in [-0.05, 0) is 35.9 Å². The number of amides is 2. The van der Waals surface area contributed by atoms with Crippen LogP contribution < -0.4 is 10.6 Å². The first kappa shape index (κ1) is 25.7. The maximum absolute atomic E-state index is 12.7. The van der Waals surface area contributed by atoms with Gasteiger partial charge in [-0.2, -0.15) is 0 Å². The molecule has 35 heavy (non-hydrogen) atoms. The Hall–Kier alpha value is -3.96. The molecule has 1 atom stereocenters. The fraction of sp³-hybridized carbons (Fsp3) is 0.208. The molecule has 0 radical (unpaired) electrons. The van der Waals surface area contributed by atoms with Gasteiger partial charge < -0.3 is 19.8 Å². The van der Waals surface area contributed by atoms with E-state index in [0.29, 0.717) is 0 Å². The highest BCUT2D eigenvalue weighted by molar-refractivity contribution is 7.89. The largest absolute Gasteiger partial charge is 0.459 e. The third kappa shape index (κ3) is 7.01. The van der Waals surface area contributed by atoms with E-state index in [1.807, 2.05) is 6.07 Å². The van der Waals surface area contributed by atoms with Gasteiger partial charge in [0.05, 0.1) is 11.2 Å². The number of ether oxygens (including phenoxy) is 1. The van der Waals surface area contributed by atoms with Gasteiger partial charge in [-0.3, -0.25) is 9.59 Å². The molecule has 0 saturated heterocycles. The van der Waals surface area contributed by atoms with Crippen LogP contribution in [0.1, 0.15) is 16.1 Å². The number of carbonyl (C=O) groups is 3. The van der Waals surface area contributed by atoms with E-state index in [2.05, 4.69) is 10.6 Å². The molecule has 0 fully saturated rings. The normalized spacial score (nSPS) is 12.1. The van der Waals surface area contributed by atoms with Crippen LogP contribution in [-0.2, 0) is 30.8 Å². The number of nitrogens with one attached hydrogen (secondary N) is 2. The number of hydrogen-bond acceptors (Lipinski definition) is 7. The lowest BCUT2D eigenvalue weighted by molar-refractivity contribution is -0.149. The average molecular weight is 500 g/mol. The summed E-state index contributed by atoms with van der Waals surface area (Å²) in [6.07, 6.45) is 1.47. The number of esters is 1. The molecule has 3 aromatic rings. The van der Waals surface area contributed by atoms with Crippen LogP contribution in [0, 0.1) is 0 Å². The first-order valence-electron chi connectivity index (χ1n) is 10.5. The Kier molecular flexibility index (Phi) is 8.39. The van der Waals surface area contributed by atoms with Crippen LogP contribution in [0.3, 0.4) is 0 Å². The van der Waals surface area contributed by atoms with Crippen molar-refractivity contribution in [3.8, 4) is 0 Å². The molecule has 0 aliphatic heterocycles. The summed E-state index contributed by atoms with van der Waals surface area (Å²) < 4.78 is 35.8. The molecule has 184 valence electrons. The minimum absolute atomic E-state index is 0.000795. The summed E-state index contributed by atoms with van der Waals surface area (Å²) in [5.41, 5.74) is 0.999. The van der Waals surface area contributed by atoms with E-state index in [9.17, 15) is 22.8 Å². The fourth-order valence-electron chi connectivity index (χ4n) is 3.06. The fourth-order valence-corrected chi connectivity index (χ4v) is 4.01. The molecule has 2 amide bonds. The topological polar surface area (TPSA) is 135 Å². The monoisotopic (exact) mass is 499 g/mol. The van der Waals surface area contributed by atoms with Gasteiger partial charge in [0.15, 0.2) is 12.4 Å². The van der Waals surface area contributed by atoms with Crippen LogP contribution in [0.5, 0.6) is 0 Å². The van der Waals surface area contributed by atoms with Crippen LogP contribution >= 0.6 is 0 Å². The Labute approximate surface area is 202 Å². The van der Waals surface area contributed by atoms with Gasteiger partial charge in [0, 0.05) is 26.2 Å². The SMILES string of the molecule is CN(C)S(=O)(=O)c1cccc(NC(=O)COC(=O)[C@@H](Cc2ccccc2)NC(=O)c2ccco2)c1. The Balaban J connectivity index is 1.64. The lowest BCUT2D eigenvalue weighted by Crippen LogP contribution is -2.44. The molecule has 3 rings (SSSR count). The van der Waals surface area contributed by atoms with Crippen LogP contribution in [-0.4, -0.2) is 57.3 Å². The third-order valence-electron chi connectivity index (χ3n) is 4.86. The van der Waals surface area contributed by atoms with Gasteiger partial charge in [0.1, 0.15) is 6.04 Å². The lowest BCUT2D eigenvalue weighted by atomic mass is 10.1. The molecule has 1 aromatic heterocycles. The van der Waals surface area contributed by atoms with Gasteiger partial charge in [0.2, 0.25) is 10.0 Å². The molecule has 0 aliphatic carbocycles. The number of nitrogens with zero attached hydrogens (tertiary/aromatic N) is 1. The smallest absolute Gasteiger partial charge is 0.329 e. The van der Waals surface area contributed by atoms with Crippen LogP contribution in [0.2, 0.25) is 0 Å². The molecule has 10 nitrogen and oxygen atoms in total. The maximum atomic E-state index is 12.7. The third-order valence-corrected chi connectivity index (χ3v) is 6.67. The number of hydrogen-bond donors (Lipinski definition) is 2. The molecule has 11 heteroatoms. The Bertz CT molecular complexity index is 1270. The standard InChI is InChI=1S/C24H25N3O7S/c1-27(2)35(31,32)19-11-6-10-18(15-19)25-22(28)16-34-24(30)20(14-17-8-4-3-5-9-17)26-23(29)21-12-7-13-33-21/h3-13,15,20H,14,16H2,1-2H3,(H,25,28)(H,26,29)/t20-/m1/s1. The van der Waals surface area contributed by atoms with Crippen molar-refractivity contribution in [2.24, 2.45) is 0 Å². The molecule has 0 saturated carbocycles. The van der Waals surface area contributed by atoms with Crippen molar-refractivity contribution in [3.05, 3.63) is 84.3 Å².